The van der Waals surface area contributed by atoms with Gasteiger partial charge in [-0.15, -0.1) is 0 Å². The number of nitrogens with zero attached hydrogens (tertiary/aromatic N) is 2. The minimum atomic E-state index is 0.641. The Balaban J connectivity index is 3.78. The van der Waals surface area contributed by atoms with Gasteiger partial charge in [-0.1, -0.05) is 6.58 Å². The van der Waals surface area contributed by atoms with Crippen LogP contribution in [0.2, 0.25) is 0 Å². The summed E-state index contributed by atoms with van der Waals surface area (Å²) in [5.41, 5.74) is 0.641. The van der Waals surface area contributed by atoms with Gasteiger partial charge >= 0.3 is 0 Å². The molecule has 0 aliphatic carbocycles. The zero-order valence-corrected chi connectivity index (χ0v) is 6.31. The van der Waals surface area contributed by atoms with Crippen LogP contribution >= 0.6 is 0 Å². The molecule has 0 bridgehead atoms. The Morgan fingerprint density at radius 3 is 2.11 bits per heavy atom. The second-order valence-corrected chi connectivity index (χ2v) is 3.16. The fourth-order valence-corrected chi connectivity index (χ4v) is 0.608. The number of hydrogen-bond donors (Lipinski definition) is 0. The summed E-state index contributed by atoms with van der Waals surface area (Å²) in [5.74, 6) is 0. The lowest BCUT2D eigenvalue weighted by Crippen LogP contribution is -2.35. The Morgan fingerprint density at radius 1 is 1.56 bits per heavy atom. The molecule has 0 amide bonds. The smallest absolute Gasteiger partial charge is 0.113 e. The van der Waals surface area contributed by atoms with Gasteiger partial charge in [-0.25, -0.2) is 0 Å². The van der Waals surface area contributed by atoms with E-state index in [2.05, 4.69) is 6.58 Å². The summed E-state index contributed by atoms with van der Waals surface area (Å²) < 4.78 is 0.770. The normalized spacial score (nSPS) is 10.4. The highest BCUT2D eigenvalue weighted by Crippen LogP contribution is 1.96. The molecule has 0 aliphatic rings. The molecule has 0 radical (unpaired) electrons. The number of quaternary nitrogens is 1. The van der Waals surface area contributed by atoms with Crippen LogP contribution in [0.1, 0.15) is 0 Å². The molecule has 0 fully saturated rings. The number of hydrogen-bond acceptors (Lipinski definition) is 1. The third kappa shape index (κ3) is 5.05. The van der Waals surface area contributed by atoms with Crippen LogP contribution in [0.25, 0.3) is 0 Å². The average molecular weight is 125 g/mol. The van der Waals surface area contributed by atoms with Crippen molar-refractivity contribution in [1.82, 2.24) is 0 Å². The van der Waals surface area contributed by atoms with Crippen LogP contribution in [-0.2, 0) is 0 Å². The summed E-state index contributed by atoms with van der Waals surface area (Å²) in [5, 5.41) is 8.34. The van der Waals surface area contributed by atoms with Gasteiger partial charge in [0.2, 0.25) is 0 Å². The Bertz CT molecular complexity index is 145. The molecule has 0 N–H and O–H groups in total. The molecule has 0 aromatic rings. The molecule has 0 spiro atoms. The van der Waals surface area contributed by atoms with E-state index in [1.807, 2.05) is 27.2 Å². The Labute approximate surface area is 56.6 Å². The molecule has 0 aromatic heterocycles. The molecule has 0 heterocycles. The Hall–Kier alpha value is -0.810. The van der Waals surface area contributed by atoms with E-state index in [4.69, 9.17) is 5.26 Å². The van der Waals surface area contributed by atoms with E-state index in [0.29, 0.717) is 5.57 Å². The van der Waals surface area contributed by atoms with E-state index in [9.17, 15) is 0 Å². The second kappa shape index (κ2) is 2.65. The van der Waals surface area contributed by atoms with E-state index in [1.54, 1.807) is 0 Å². The van der Waals surface area contributed by atoms with E-state index < -0.39 is 0 Å². The van der Waals surface area contributed by atoms with Crippen molar-refractivity contribution in [3.63, 3.8) is 0 Å². The molecule has 2 nitrogen and oxygen atoms in total. The third-order valence-electron chi connectivity index (χ3n) is 0.823. The lowest BCUT2D eigenvalue weighted by molar-refractivity contribution is -0.865. The monoisotopic (exact) mass is 125 g/mol. The Kier molecular flexibility index (Phi) is 2.41. The van der Waals surface area contributed by atoms with E-state index in [1.165, 1.54) is 0 Å². The minimum Gasteiger partial charge on any atom is -0.327 e. The first-order valence-corrected chi connectivity index (χ1v) is 2.84. The summed E-state index contributed by atoms with van der Waals surface area (Å²) in [6, 6.07) is 2.01. The third-order valence-corrected chi connectivity index (χ3v) is 0.823. The fourth-order valence-electron chi connectivity index (χ4n) is 0.608. The maximum atomic E-state index is 8.34. The van der Waals surface area contributed by atoms with Crippen molar-refractivity contribution in [3.8, 4) is 6.07 Å². The molecule has 0 aliphatic heterocycles. The van der Waals surface area contributed by atoms with E-state index in [-0.39, 0.29) is 0 Å². The zero-order chi connectivity index (χ0) is 7.49. The van der Waals surface area contributed by atoms with Gasteiger partial charge in [0.05, 0.1) is 32.8 Å². The van der Waals surface area contributed by atoms with Gasteiger partial charge in [-0.2, -0.15) is 5.26 Å². The Morgan fingerprint density at radius 2 is 2.00 bits per heavy atom. The van der Waals surface area contributed by atoms with Gasteiger partial charge < -0.3 is 4.48 Å². The van der Waals surface area contributed by atoms with E-state index in [0.717, 1.165) is 11.0 Å². The lowest BCUT2D eigenvalue weighted by Gasteiger charge is -2.22. The molecule has 9 heavy (non-hydrogen) atoms. The highest BCUT2D eigenvalue weighted by molar-refractivity contribution is 5.15. The van der Waals surface area contributed by atoms with Gasteiger partial charge in [0.25, 0.3) is 0 Å². The van der Waals surface area contributed by atoms with Gasteiger partial charge in [0.15, 0.2) is 0 Å². The van der Waals surface area contributed by atoms with Crippen LogP contribution in [0.3, 0.4) is 0 Å². The number of nitriles is 1. The van der Waals surface area contributed by atoms with Gasteiger partial charge in [-0.05, 0) is 0 Å². The minimum absolute atomic E-state index is 0.641. The quantitative estimate of drug-likeness (QED) is 0.395. The molecule has 0 saturated heterocycles. The van der Waals surface area contributed by atoms with Crippen LogP contribution in [0.5, 0.6) is 0 Å². The van der Waals surface area contributed by atoms with E-state index >= 15 is 0 Å². The van der Waals surface area contributed by atoms with Crippen molar-refractivity contribution in [1.29, 1.82) is 5.26 Å². The number of rotatable bonds is 2. The first kappa shape index (κ1) is 8.19. The SMILES string of the molecule is C=C(C#N)C[N+](C)(C)C. The van der Waals surface area contributed by atoms with Gasteiger partial charge in [-0.3, -0.25) is 0 Å². The highest BCUT2D eigenvalue weighted by atomic mass is 15.3. The average Bonchev–Trinajstić information content (AvgIpc) is 1.62. The van der Waals surface area contributed by atoms with Crippen LogP contribution in [0.15, 0.2) is 12.2 Å². The second-order valence-electron chi connectivity index (χ2n) is 3.16. The van der Waals surface area contributed by atoms with Crippen molar-refractivity contribution in [2.75, 3.05) is 27.7 Å². The summed E-state index contributed by atoms with van der Waals surface area (Å²) in [7, 11) is 6.09. The molecular weight excluding hydrogens is 112 g/mol. The van der Waals surface area contributed by atoms with Crippen LogP contribution in [0.4, 0.5) is 0 Å². The van der Waals surface area contributed by atoms with Crippen molar-refractivity contribution in [2.24, 2.45) is 0 Å². The molecular formula is C7H13N2+. The zero-order valence-electron chi connectivity index (χ0n) is 6.31. The van der Waals surface area contributed by atoms with Gasteiger partial charge in [0.1, 0.15) is 6.54 Å². The highest BCUT2D eigenvalue weighted by Gasteiger charge is 2.07. The maximum absolute atomic E-state index is 8.34. The largest absolute Gasteiger partial charge is 0.327 e. The van der Waals surface area contributed by atoms with Crippen LogP contribution in [-0.4, -0.2) is 32.2 Å². The molecule has 0 unspecified atom stereocenters. The molecule has 50 valence electrons. The van der Waals surface area contributed by atoms with Crippen molar-refractivity contribution >= 4 is 0 Å². The molecule has 0 rings (SSSR count). The predicted octanol–water partition coefficient (Wildman–Crippen LogP) is 0.772. The van der Waals surface area contributed by atoms with Crippen molar-refractivity contribution in [2.45, 2.75) is 0 Å². The van der Waals surface area contributed by atoms with Crippen LogP contribution in [0, 0.1) is 11.3 Å². The first-order chi connectivity index (χ1) is 3.95. The van der Waals surface area contributed by atoms with Crippen LogP contribution < -0.4 is 0 Å². The molecule has 0 saturated carbocycles. The summed E-state index contributed by atoms with van der Waals surface area (Å²) in [6.45, 7) is 4.31. The lowest BCUT2D eigenvalue weighted by atomic mass is 10.3. The topological polar surface area (TPSA) is 23.8 Å². The molecule has 2 heteroatoms. The van der Waals surface area contributed by atoms with Crippen molar-refractivity contribution < 1.29 is 4.48 Å². The fraction of sp³-hybridized carbons (Fsp3) is 0.571. The molecule has 0 aromatic carbocycles. The summed E-state index contributed by atoms with van der Waals surface area (Å²) in [6.07, 6.45) is 0. The first-order valence-electron chi connectivity index (χ1n) is 2.84. The number of likely N-dealkylation sites (N-methyl/N-ethyl adjacent to an activating group) is 1. The predicted molar refractivity (Wildman–Crippen MR) is 37.7 cm³/mol. The molecule has 0 atom stereocenters. The van der Waals surface area contributed by atoms with Crippen molar-refractivity contribution in [3.05, 3.63) is 12.2 Å². The van der Waals surface area contributed by atoms with Gasteiger partial charge in [0, 0.05) is 0 Å². The summed E-state index contributed by atoms with van der Waals surface area (Å²) >= 11 is 0. The standard InChI is InChI=1S/C7H13N2/c1-7(5-8)6-9(2,3)4/h1,6H2,2-4H3/q+1. The maximum Gasteiger partial charge on any atom is 0.113 e. The summed E-state index contributed by atoms with van der Waals surface area (Å²) in [4.78, 5) is 0.